The summed E-state index contributed by atoms with van der Waals surface area (Å²) in [6.45, 7) is 8.70. The predicted molar refractivity (Wildman–Crippen MR) is 87.4 cm³/mol. The number of nitrogens with two attached hydrogens (primary N) is 1. The van der Waals surface area contributed by atoms with Crippen molar-refractivity contribution in [1.82, 2.24) is 4.90 Å². The predicted octanol–water partition coefficient (Wildman–Crippen LogP) is 3.73. The van der Waals surface area contributed by atoms with Crippen LogP contribution in [0.4, 0.5) is 0 Å². The summed E-state index contributed by atoms with van der Waals surface area (Å²) in [5.41, 5.74) is 7.01. The molecule has 0 aliphatic carbocycles. The molecular formula is C16H25BrN2O. The van der Waals surface area contributed by atoms with Crippen LogP contribution in [0.5, 0.6) is 0 Å². The molecule has 1 aromatic rings. The van der Waals surface area contributed by atoms with Crippen molar-refractivity contribution in [3.8, 4) is 0 Å². The molecule has 0 aliphatic rings. The van der Waals surface area contributed by atoms with E-state index < -0.39 is 0 Å². The first-order valence-electron chi connectivity index (χ1n) is 7.20. The van der Waals surface area contributed by atoms with Gasteiger partial charge in [0.2, 0.25) is 5.91 Å². The molecule has 3 nitrogen and oxygen atoms in total. The van der Waals surface area contributed by atoms with E-state index in [4.69, 9.17) is 5.73 Å². The van der Waals surface area contributed by atoms with Crippen molar-refractivity contribution in [1.29, 1.82) is 0 Å². The molecule has 2 N–H and O–H groups in total. The van der Waals surface area contributed by atoms with Crippen LogP contribution in [-0.2, 0) is 4.79 Å². The quantitative estimate of drug-likeness (QED) is 0.857. The minimum absolute atomic E-state index is 0.0409. The van der Waals surface area contributed by atoms with E-state index in [9.17, 15) is 4.79 Å². The van der Waals surface area contributed by atoms with E-state index in [0.717, 1.165) is 23.0 Å². The van der Waals surface area contributed by atoms with Gasteiger partial charge in [0, 0.05) is 17.1 Å². The second kappa shape index (κ2) is 7.79. The molecule has 112 valence electrons. The number of hydrogen-bond donors (Lipinski definition) is 1. The van der Waals surface area contributed by atoms with Gasteiger partial charge in [0.05, 0.1) is 12.0 Å². The highest BCUT2D eigenvalue weighted by Gasteiger charge is 2.27. The van der Waals surface area contributed by atoms with Crippen molar-refractivity contribution in [3.05, 3.63) is 34.3 Å². The Bertz CT molecular complexity index is 448. The topological polar surface area (TPSA) is 46.3 Å². The second-order valence-electron chi connectivity index (χ2n) is 5.38. The maximum absolute atomic E-state index is 12.6. The molecule has 20 heavy (non-hydrogen) atoms. The molecule has 1 rings (SSSR count). The molecule has 3 unspecified atom stereocenters. The molecule has 1 amide bonds. The molecule has 0 spiro atoms. The molecular weight excluding hydrogens is 316 g/mol. The largest absolute Gasteiger partial charge is 0.336 e. The lowest BCUT2D eigenvalue weighted by Gasteiger charge is -2.33. The Morgan fingerprint density at radius 3 is 2.40 bits per heavy atom. The Morgan fingerprint density at radius 1 is 1.30 bits per heavy atom. The van der Waals surface area contributed by atoms with Crippen LogP contribution < -0.4 is 5.73 Å². The molecule has 0 saturated heterocycles. The van der Waals surface area contributed by atoms with E-state index in [1.807, 2.05) is 36.9 Å². The summed E-state index contributed by atoms with van der Waals surface area (Å²) in [6.07, 6.45) is 0.937. The minimum Gasteiger partial charge on any atom is -0.336 e. The smallest absolute Gasteiger partial charge is 0.227 e. The number of halogens is 1. The number of rotatable bonds is 6. The molecule has 0 aromatic heterocycles. The summed E-state index contributed by atoms with van der Waals surface area (Å²) >= 11 is 3.57. The van der Waals surface area contributed by atoms with Gasteiger partial charge in [0.15, 0.2) is 0 Å². The molecule has 0 fully saturated rings. The zero-order chi connectivity index (χ0) is 15.3. The van der Waals surface area contributed by atoms with Gasteiger partial charge >= 0.3 is 0 Å². The van der Waals surface area contributed by atoms with Gasteiger partial charge < -0.3 is 10.6 Å². The van der Waals surface area contributed by atoms with Crippen molar-refractivity contribution in [2.24, 2.45) is 11.7 Å². The number of benzene rings is 1. The van der Waals surface area contributed by atoms with Gasteiger partial charge in [-0.25, -0.2) is 0 Å². The summed E-state index contributed by atoms with van der Waals surface area (Å²) in [6, 6.07) is 7.96. The van der Waals surface area contributed by atoms with E-state index >= 15 is 0 Å². The fourth-order valence-electron chi connectivity index (χ4n) is 2.20. The van der Waals surface area contributed by atoms with Crippen molar-refractivity contribution in [2.75, 3.05) is 6.54 Å². The number of carbonyl (C=O) groups excluding carboxylic acids is 1. The average Bonchev–Trinajstić information content (AvgIpc) is 2.43. The Hall–Kier alpha value is -0.870. The highest BCUT2D eigenvalue weighted by Crippen LogP contribution is 2.28. The van der Waals surface area contributed by atoms with E-state index in [1.54, 1.807) is 0 Å². The van der Waals surface area contributed by atoms with Crippen molar-refractivity contribution >= 4 is 21.8 Å². The van der Waals surface area contributed by atoms with Crippen LogP contribution in [0.3, 0.4) is 0 Å². The Balaban J connectivity index is 3.02. The number of nitrogens with zero attached hydrogens (tertiary/aromatic N) is 1. The van der Waals surface area contributed by atoms with Gasteiger partial charge in [-0.15, -0.1) is 0 Å². The zero-order valence-corrected chi connectivity index (χ0v) is 14.4. The highest BCUT2D eigenvalue weighted by molar-refractivity contribution is 9.10. The lowest BCUT2D eigenvalue weighted by Crippen LogP contribution is -2.43. The molecule has 0 bridgehead atoms. The molecule has 0 radical (unpaired) electrons. The monoisotopic (exact) mass is 340 g/mol. The first-order chi connectivity index (χ1) is 9.40. The van der Waals surface area contributed by atoms with Crippen LogP contribution in [0, 0.1) is 5.92 Å². The van der Waals surface area contributed by atoms with Crippen LogP contribution >= 0.6 is 15.9 Å². The van der Waals surface area contributed by atoms with Gasteiger partial charge in [-0.3, -0.25) is 4.79 Å². The lowest BCUT2D eigenvalue weighted by molar-refractivity contribution is -0.137. The van der Waals surface area contributed by atoms with Crippen LogP contribution in [0.15, 0.2) is 28.7 Å². The van der Waals surface area contributed by atoms with Gasteiger partial charge in [0.1, 0.15) is 0 Å². The minimum atomic E-state index is -0.161. The maximum atomic E-state index is 12.6. The van der Waals surface area contributed by atoms with Crippen molar-refractivity contribution in [2.45, 2.75) is 46.2 Å². The van der Waals surface area contributed by atoms with Crippen LogP contribution in [-0.4, -0.2) is 23.4 Å². The lowest BCUT2D eigenvalue weighted by atomic mass is 9.99. The number of carbonyl (C=O) groups is 1. The van der Waals surface area contributed by atoms with Crippen LogP contribution in [0.25, 0.3) is 0 Å². The summed E-state index contributed by atoms with van der Waals surface area (Å²) in [5.74, 6) is -0.0309. The maximum Gasteiger partial charge on any atom is 0.227 e. The fourth-order valence-corrected chi connectivity index (χ4v) is 2.82. The first-order valence-corrected chi connectivity index (χ1v) is 7.99. The third kappa shape index (κ3) is 4.06. The average molecular weight is 341 g/mol. The Labute approximate surface area is 130 Å². The zero-order valence-electron chi connectivity index (χ0n) is 12.8. The van der Waals surface area contributed by atoms with Crippen molar-refractivity contribution < 1.29 is 4.79 Å². The van der Waals surface area contributed by atoms with E-state index in [-0.39, 0.29) is 23.9 Å². The molecule has 1 aromatic carbocycles. The number of hydrogen-bond acceptors (Lipinski definition) is 2. The molecule has 4 heteroatoms. The van der Waals surface area contributed by atoms with Gasteiger partial charge in [-0.1, -0.05) is 48.0 Å². The second-order valence-corrected chi connectivity index (χ2v) is 6.23. The standard InChI is InChI=1S/C16H25BrN2O/c1-5-10-19(16(20)11(2)12(3)18)13(4)14-8-6-7-9-15(14)17/h6-9,11-13H,5,10,18H2,1-4H3. The molecule has 0 saturated carbocycles. The van der Waals surface area contributed by atoms with Gasteiger partial charge in [-0.05, 0) is 31.9 Å². The van der Waals surface area contributed by atoms with Crippen LogP contribution in [0.1, 0.15) is 45.7 Å². The summed E-state index contributed by atoms with van der Waals surface area (Å²) in [5, 5.41) is 0. The van der Waals surface area contributed by atoms with Gasteiger partial charge in [0.25, 0.3) is 0 Å². The summed E-state index contributed by atoms with van der Waals surface area (Å²) < 4.78 is 1.04. The first kappa shape index (κ1) is 17.2. The third-order valence-electron chi connectivity index (χ3n) is 3.75. The SMILES string of the molecule is CCCN(C(=O)C(C)C(C)N)C(C)c1ccccc1Br. The van der Waals surface area contributed by atoms with E-state index in [1.165, 1.54) is 0 Å². The van der Waals surface area contributed by atoms with E-state index in [2.05, 4.69) is 35.8 Å². The van der Waals surface area contributed by atoms with Crippen molar-refractivity contribution in [3.63, 3.8) is 0 Å². The highest BCUT2D eigenvalue weighted by atomic mass is 79.9. The third-order valence-corrected chi connectivity index (χ3v) is 4.47. The number of amides is 1. The summed E-state index contributed by atoms with van der Waals surface area (Å²) in [4.78, 5) is 14.6. The molecule has 0 aliphatic heterocycles. The fraction of sp³-hybridized carbons (Fsp3) is 0.562. The van der Waals surface area contributed by atoms with Crippen LogP contribution in [0.2, 0.25) is 0 Å². The van der Waals surface area contributed by atoms with E-state index in [0.29, 0.717) is 0 Å². The molecule has 3 atom stereocenters. The van der Waals surface area contributed by atoms with Gasteiger partial charge in [-0.2, -0.15) is 0 Å². The normalized spacial score (nSPS) is 15.5. The Kier molecular flexibility index (Phi) is 6.69. The molecule has 0 heterocycles. The summed E-state index contributed by atoms with van der Waals surface area (Å²) in [7, 11) is 0. The Morgan fingerprint density at radius 2 is 1.90 bits per heavy atom.